The highest BCUT2D eigenvalue weighted by atomic mass is 15.1. The maximum atomic E-state index is 4.39. The molecule has 94 valence electrons. The Hall–Kier alpha value is -1.62. The fraction of sp³-hybridized carbons (Fsp3) is 0.538. The molecular formula is C13H17N5. The average molecular weight is 243 g/mol. The molecule has 3 N–H and O–H groups in total. The molecule has 5 heteroatoms. The van der Waals surface area contributed by atoms with Gasteiger partial charge in [0.2, 0.25) is 0 Å². The molecule has 0 radical (unpaired) electrons. The summed E-state index contributed by atoms with van der Waals surface area (Å²) in [4.78, 5) is 11.7. The molecule has 2 bridgehead atoms. The number of nitrogens with zero attached hydrogens (tertiary/aromatic N) is 2. The molecule has 0 amide bonds. The smallest absolute Gasteiger partial charge is 0.142 e. The van der Waals surface area contributed by atoms with Crippen LogP contribution in [0.4, 0.5) is 5.82 Å². The molecule has 3 atom stereocenters. The average Bonchev–Trinajstić information content (AvgIpc) is 3.01. The Morgan fingerprint density at radius 1 is 1.28 bits per heavy atom. The van der Waals surface area contributed by atoms with Crippen molar-refractivity contribution in [3.63, 3.8) is 0 Å². The van der Waals surface area contributed by atoms with E-state index in [4.69, 9.17) is 0 Å². The SMILES string of the molecule is c1nc(N[C@H]2CN[C@@H]3CC[C@@H]2C3)c2cc[nH]c2n1. The fourth-order valence-corrected chi connectivity index (χ4v) is 3.36. The zero-order valence-corrected chi connectivity index (χ0v) is 10.2. The van der Waals surface area contributed by atoms with E-state index in [1.54, 1.807) is 6.33 Å². The van der Waals surface area contributed by atoms with Gasteiger partial charge in [-0.2, -0.15) is 0 Å². The van der Waals surface area contributed by atoms with Crippen molar-refractivity contribution in [2.24, 2.45) is 5.92 Å². The summed E-state index contributed by atoms with van der Waals surface area (Å²) in [6.45, 7) is 1.05. The lowest BCUT2D eigenvalue weighted by Gasteiger charge is -2.30. The first-order valence-corrected chi connectivity index (χ1v) is 6.68. The minimum atomic E-state index is 0.497. The molecule has 3 heterocycles. The predicted molar refractivity (Wildman–Crippen MR) is 70.4 cm³/mol. The third-order valence-corrected chi connectivity index (χ3v) is 4.34. The first kappa shape index (κ1) is 10.3. The molecule has 2 aromatic rings. The number of rotatable bonds is 2. The van der Waals surface area contributed by atoms with Gasteiger partial charge < -0.3 is 15.6 Å². The number of hydrogen-bond acceptors (Lipinski definition) is 4. The summed E-state index contributed by atoms with van der Waals surface area (Å²) in [7, 11) is 0. The Morgan fingerprint density at radius 3 is 3.28 bits per heavy atom. The van der Waals surface area contributed by atoms with Crippen molar-refractivity contribution in [2.75, 3.05) is 11.9 Å². The lowest BCUT2D eigenvalue weighted by Crippen LogP contribution is -2.45. The zero-order valence-electron chi connectivity index (χ0n) is 10.2. The van der Waals surface area contributed by atoms with Gasteiger partial charge in [0, 0.05) is 24.8 Å². The number of aromatic nitrogens is 3. The van der Waals surface area contributed by atoms with Crippen molar-refractivity contribution in [1.29, 1.82) is 0 Å². The predicted octanol–water partition coefficient (Wildman–Crippen LogP) is 1.51. The first-order chi connectivity index (χ1) is 8.90. The molecule has 1 saturated heterocycles. The van der Waals surface area contributed by atoms with Crippen LogP contribution in [-0.4, -0.2) is 33.6 Å². The van der Waals surface area contributed by atoms with E-state index in [2.05, 4.69) is 25.6 Å². The third kappa shape index (κ3) is 1.58. The Labute approximate surface area is 105 Å². The largest absolute Gasteiger partial charge is 0.365 e. The molecule has 4 rings (SSSR count). The minimum Gasteiger partial charge on any atom is -0.365 e. The van der Waals surface area contributed by atoms with Crippen LogP contribution in [0.5, 0.6) is 0 Å². The summed E-state index contributed by atoms with van der Waals surface area (Å²) in [5.41, 5.74) is 0.903. The van der Waals surface area contributed by atoms with Gasteiger partial charge in [-0.15, -0.1) is 0 Å². The summed E-state index contributed by atoms with van der Waals surface area (Å²) in [6, 6.07) is 3.29. The molecule has 0 unspecified atom stereocenters. The molecule has 5 nitrogen and oxygen atoms in total. The Balaban J connectivity index is 1.62. The Bertz CT molecular complexity index is 563. The number of piperidine rings is 1. The van der Waals surface area contributed by atoms with Crippen molar-refractivity contribution in [3.8, 4) is 0 Å². The lowest BCUT2D eigenvalue weighted by molar-refractivity contribution is 0.358. The van der Waals surface area contributed by atoms with E-state index in [0.717, 1.165) is 35.4 Å². The highest BCUT2D eigenvalue weighted by molar-refractivity contribution is 5.86. The van der Waals surface area contributed by atoms with Crippen LogP contribution in [0.3, 0.4) is 0 Å². The molecular weight excluding hydrogens is 226 g/mol. The minimum absolute atomic E-state index is 0.497. The van der Waals surface area contributed by atoms with Crippen LogP contribution < -0.4 is 10.6 Å². The van der Waals surface area contributed by atoms with Gasteiger partial charge >= 0.3 is 0 Å². The standard InChI is InChI=1S/C13H17N5/c1-2-9-5-8(1)11(6-15-9)18-13-10-3-4-14-12(10)16-7-17-13/h3-4,7-9,11,15H,1-2,5-6H2,(H2,14,16,17,18)/t8-,9-,11+/m1/s1. The number of aromatic amines is 1. The van der Waals surface area contributed by atoms with Crippen molar-refractivity contribution >= 4 is 16.9 Å². The van der Waals surface area contributed by atoms with Gasteiger partial charge in [0.1, 0.15) is 17.8 Å². The molecule has 1 aliphatic heterocycles. The quantitative estimate of drug-likeness (QED) is 0.748. The van der Waals surface area contributed by atoms with Crippen LogP contribution in [0.25, 0.3) is 11.0 Å². The summed E-state index contributed by atoms with van der Waals surface area (Å²) in [6.07, 6.45) is 7.49. The maximum Gasteiger partial charge on any atom is 0.142 e. The van der Waals surface area contributed by atoms with Crippen LogP contribution in [0.1, 0.15) is 19.3 Å². The van der Waals surface area contributed by atoms with Crippen LogP contribution in [0.2, 0.25) is 0 Å². The topological polar surface area (TPSA) is 65.6 Å². The van der Waals surface area contributed by atoms with Crippen molar-refractivity contribution in [2.45, 2.75) is 31.3 Å². The van der Waals surface area contributed by atoms with E-state index in [1.807, 2.05) is 12.3 Å². The summed E-state index contributed by atoms with van der Waals surface area (Å²) >= 11 is 0. The molecule has 2 fully saturated rings. The van der Waals surface area contributed by atoms with Crippen molar-refractivity contribution in [1.82, 2.24) is 20.3 Å². The molecule has 0 spiro atoms. The van der Waals surface area contributed by atoms with Gasteiger partial charge in [-0.05, 0) is 31.2 Å². The van der Waals surface area contributed by atoms with E-state index in [9.17, 15) is 0 Å². The first-order valence-electron chi connectivity index (χ1n) is 6.68. The molecule has 1 aliphatic carbocycles. The van der Waals surface area contributed by atoms with E-state index < -0.39 is 0 Å². The maximum absolute atomic E-state index is 4.39. The summed E-state index contributed by atoms with van der Waals surface area (Å²) < 4.78 is 0. The normalized spacial score (nSPS) is 30.8. The number of hydrogen-bond donors (Lipinski definition) is 3. The van der Waals surface area contributed by atoms with Gasteiger partial charge in [0.15, 0.2) is 0 Å². The van der Waals surface area contributed by atoms with E-state index in [0.29, 0.717) is 6.04 Å². The van der Waals surface area contributed by atoms with Crippen molar-refractivity contribution < 1.29 is 0 Å². The third-order valence-electron chi connectivity index (χ3n) is 4.34. The fourth-order valence-electron chi connectivity index (χ4n) is 3.36. The molecule has 18 heavy (non-hydrogen) atoms. The van der Waals surface area contributed by atoms with Gasteiger partial charge in [-0.3, -0.25) is 0 Å². The summed E-state index contributed by atoms with van der Waals surface area (Å²) in [5.74, 6) is 1.75. The monoisotopic (exact) mass is 243 g/mol. The number of fused-ring (bicyclic) bond motifs is 3. The second-order valence-corrected chi connectivity index (χ2v) is 5.39. The summed E-state index contributed by atoms with van der Waals surface area (Å²) in [5, 5.41) is 8.29. The number of H-pyrrole nitrogens is 1. The molecule has 2 aromatic heterocycles. The van der Waals surface area contributed by atoms with Gasteiger partial charge in [0.05, 0.1) is 5.39 Å². The van der Waals surface area contributed by atoms with Crippen LogP contribution in [0.15, 0.2) is 18.6 Å². The van der Waals surface area contributed by atoms with Gasteiger partial charge in [-0.25, -0.2) is 9.97 Å². The molecule has 2 aliphatic rings. The van der Waals surface area contributed by atoms with E-state index in [-0.39, 0.29) is 0 Å². The van der Waals surface area contributed by atoms with Crippen LogP contribution >= 0.6 is 0 Å². The van der Waals surface area contributed by atoms with Crippen LogP contribution in [-0.2, 0) is 0 Å². The van der Waals surface area contributed by atoms with E-state index in [1.165, 1.54) is 19.3 Å². The van der Waals surface area contributed by atoms with Gasteiger partial charge in [0.25, 0.3) is 0 Å². The Morgan fingerprint density at radius 2 is 2.28 bits per heavy atom. The highest BCUT2D eigenvalue weighted by Gasteiger charge is 2.35. The van der Waals surface area contributed by atoms with Gasteiger partial charge in [-0.1, -0.05) is 0 Å². The van der Waals surface area contributed by atoms with Crippen LogP contribution in [0, 0.1) is 5.92 Å². The lowest BCUT2D eigenvalue weighted by atomic mass is 9.95. The number of nitrogens with one attached hydrogen (secondary N) is 3. The molecule has 1 saturated carbocycles. The second kappa shape index (κ2) is 3.95. The highest BCUT2D eigenvalue weighted by Crippen LogP contribution is 2.33. The second-order valence-electron chi connectivity index (χ2n) is 5.39. The Kier molecular flexibility index (Phi) is 2.26. The zero-order chi connectivity index (χ0) is 11.9. The number of anilines is 1. The molecule has 0 aromatic carbocycles. The van der Waals surface area contributed by atoms with E-state index >= 15 is 0 Å². The van der Waals surface area contributed by atoms with Crippen molar-refractivity contribution in [3.05, 3.63) is 18.6 Å².